The third-order valence-electron chi connectivity index (χ3n) is 10.1. The molecule has 13 nitrogen and oxygen atoms in total. The lowest BCUT2D eigenvalue weighted by molar-refractivity contribution is 0.236. The molecule has 0 spiro atoms. The molecule has 298 valence electrons. The average Bonchev–Trinajstić information content (AvgIpc) is 3.73. The number of rotatable bonds is 20. The summed E-state index contributed by atoms with van der Waals surface area (Å²) in [6.45, 7) is 9.48. The number of imidazole rings is 1. The normalized spacial score (nSPS) is 11.5. The van der Waals surface area contributed by atoms with Gasteiger partial charge in [0.2, 0.25) is 0 Å². The smallest absolute Gasteiger partial charge is 0.182 e. The third kappa shape index (κ3) is 11.0. The number of nitrogens with one attached hydrogen (secondary N) is 3. The molecule has 0 aliphatic rings. The average molecular weight is 778 g/mol. The first-order valence-corrected chi connectivity index (χ1v) is 19.7. The SMILES string of the molecule is Cc1cc(CNCCNc2ncnc3nc[nH]c23)c(O)c(CN(Cc2ccccn2)Cc2cc(C)cc(CN(CCc3ccccn3)CCc3ccccn3)c2O)c1. The minimum atomic E-state index is 0.262. The molecule has 0 radical (unpaired) electrons. The zero-order chi connectivity index (χ0) is 40.1. The van der Waals surface area contributed by atoms with E-state index in [0.29, 0.717) is 63.0 Å². The monoisotopic (exact) mass is 777 g/mol. The Labute approximate surface area is 339 Å². The molecule has 0 saturated carbocycles. The van der Waals surface area contributed by atoms with Gasteiger partial charge in [-0.3, -0.25) is 24.8 Å². The summed E-state index contributed by atoms with van der Waals surface area (Å²) in [5, 5.41) is 30.4. The second-order valence-corrected chi connectivity index (χ2v) is 14.7. The summed E-state index contributed by atoms with van der Waals surface area (Å²) in [6.07, 6.45) is 10.2. The largest absolute Gasteiger partial charge is 0.507 e. The molecule has 0 aliphatic carbocycles. The highest BCUT2D eigenvalue weighted by Crippen LogP contribution is 2.31. The van der Waals surface area contributed by atoms with Crippen LogP contribution in [-0.2, 0) is 45.6 Å². The predicted molar refractivity (Wildman–Crippen MR) is 226 cm³/mol. The van der Waals surface area contributed by atoms with E-state index < -0.39 is 0 Å². The molecular formula is C45H51N11O2. The fourth-order valence-electron chi connectivity index (χ4n) is 7.27. The van der Waals surface area contributed by atoms with Crippen molar-refractivity contribution < 1.29 is 10.2 Å². The summed E-state index contributed by atoms with van der Waals surface area (Å²) in [6, 6.07) is 26.1. The summed E-state index contributed by atoms with van der Waals surface area (Å²) >= 11 is 0. The maximum absolute atomic E-state index is 11.9. The number of aromatic hydroxyl groups is 2. The van der Waals surface area contributed by atoms with Crippen molar-refractivity contribution in [2.75, 3.05) is 31.5 Å². The second-order valence-electron chi connectivity index (χ2n) is 14.7. The van der Waals surface area contributed by atoms with E-state index in [1.54, 1.807) is 12.5 Å². The van der Waals surface area contributed by atoms with E-state index in [1.807, 2.05) is 73.9 Å². The number of aromatic amines is 1. The van der Waals surface area contributed by atoms with Gasteiger partial charge in [-0.2, -0.15) is 0 Å². The van der Waals surface area contributed by atoms with Crippen LogP contribution < -0.4 is 10.6 Å². The molecule has 5 N–H and O–H groups in total. The number of anilines is 1. The molecule has 0 amide bonds. The Balaban J connectivity index is 1.06. The van der Waals surface area contributed by atoms with Crippen LogP contribution >= 0.6 is 0 Å². The summed E-state index contributed by atoms with van der Waals surface area (Å²) in [7, 11) is 0. The minimum absolute atomic E-state index is 0.262. The van der Waals surface area contributed by atoms with Crippen molar-refractivity contribution in [2.45, 2.75) is 59.4 Å². The molecule has 0 fully saturated rings. The van der Waals surface area contributed by atoms with Gasteiger partial charge in [0.25, 0.3) is 0 Å². The molecular weight excluding hydrogens is 727 g/mol. The summed E-state index contributed by atoms with van der Waals surface area (Å²) < 4.78 is 0. The van der Waals surface area contributed by atoms with Crippen molar-refractivity contribution >= 4 is 17.0 Å². The molecule has 5 heterocycles. The second kappa shape index (κ2) is 19.7. The van der Waals surface area contributed by atoms with E-state index in [9.17, 15) is 10.2 Å². The van der Waals surface area contributed by atoms with Gasteiger partial charge in [0.1, 0.15) is 23.3 Å². The Morgan fingerprint density at radius 2 is 1.14 bits per heavy atom. The molecule has 7 aromatic rings. The lowest BCUT2D eigenvalue weighted by atomic mass is 10.0. The fraction of sp³-hybridized carbons (Fsp3) is 0.289. The number of fused-ring (bicyclic) bond motifs is 1. The lowest BCUT2D eigenvalue weighted by Gasteiger charge is -2.26. The van der Waals surface area contributed by atoms with Gasteiger partial charge in [0.15, 0.2) is 11.5 Å². The number of hydrogen-bond acceptors (Lipinski definition) is 12. The predicted octanol–water partition coefficient (Wildman–Crippen LogP) is 6.26. The van der Waals surface area contributed by atoms with Gasteiger partial charge >= 0.3 is 0 Å². The maximum atomic E-state index is 11.9. The van der Waals surface area contributed by atoms with Gasteiger partial charge in [0, 0.05) is 124 Å². The van der Waals surface area contributed by atoms with Gasteiger partial charge in [-0.1, -0.05) is 53.6 Å². The van der Waals surface area contributed by atoms with Crippen LogP contribution in [-0.4, -0.2) is 81.1 Å². The van der Waals surface area contributed by atoms with E-state index in [2.05, 4.69) is 86.5 Å². The number of hydrogen-bond donors (Lipinski definition) is 5. The number of pyridine rings is 3. The highest BCUT2D eigenvalue weighted by molar-refractivity contribution is 5.81. The van der Waals surface area contributed by atoms with Gasteiger partial charge in [-0.05, 0) is 50.2 Å². The van der Waals surface area contributed by atoms with E-state index in [1.165, 1.54) is 6.33 Å². The zero-order valence-electron chi connectivity index (χ0n) is 33.1. The van der Waals surface area contributed by atoms with Crippen LogP contribution in [0.15, 0.2) is 110 Å². The Kier molecular flexibility index (Phi) is 13.6. The van der Waals surface area contributed by atoms with Gasteiger partial charge in [-0.15, -0.1) is 0 Å². The molecule has 2 aromatic carbocycles. The third-order valence-corrected chi connectivity index (χ3v) is 10.1. The highest BCUT2D eigenvalue weighted by atomic mass is 16.3. The fourth-order valence-corrected chi connectivity index (χ4v) is 7.27. The van der Waals surface area contributed by atoms with Crippen molar-refractivity contribution in [3.8, 4) is 11.5 Å². The molecule has 0 unspecified atom stereocenters. The quantitative estimate of drug-likeness (QED) is 0.0554. The van der Waals surface area contributed by atoms with Gasteiger partial charge < -0.3 is 25.8 Å². The first-order valence-electron chi connectivity index (χ1n) is 19.7. The molecule has 0 saturated heterocycles. The Morgan fingerprint density at radius 3 is 1.72 bits per heavy atom. The number of phenolic OH excluding ortho intramolecular Hbond substituents is 2. The summed E-state index contributed by atoms with van der Waals surface area (Å²) in [4.78, 5) is 34.1. The first-order chi connectivity index (χ1) is 28.4. The number of benzene rings is 2. The van der Waals surface area contributed by atoms with Crippen LogP contribution in [0.25, 0.3) is 11.2 Å². The van der Waals surface area contributed by atoms with Crippen LogP contribution in [0.1, 0.15) is 50.5 Å². The number of nitrogens with zero attached hydrogens (tertiary/aromatic N) is 8. The van der Waals surface area contributed by atoms with Crippen LogP contribution in [0.5, 0.6) is 11.5 Å². The van der Waals surface area contributed by atoms with Crippen molar-refractivity contribution in [1.82, 2.24) is 50.0 Å². The number of phenols is 2. The Hall–Kier alpha value is -6.28. The van der Waals surface area contributed by atoms with Crippen LogP contribution in [0.3, 0.4) is 0 Å². The van der Waals surface area contributed by atoms with Crippen molar-refractivity contribution in [1.29, 1.82) is 0 Å². The van der Waals surface area contributed by atoms with Gasteiger partial charge in [-0.25, -0.2) is 15.0 Å². The topological polar surface area (TPSA) is 164 Å². The standard InChI is InChI=1S/C45H51N11O2/c1-32-21-34(25-46-17-18-50-44-41-45(52-30-51-41)54-31-53-44)42(57)36(22-32)27-56(29-40-11-5-8-16-49-40)28-37-24-33(2)23-35(43(37)58)26-55(19-12-38-9-3-6-14-47-38)20-13-39-10-4-7-15-48-39/h3-11,14-16,21-24,30-31,46,57-58H,12-13,17-20,25-29H2,1-2H3,(H2,50,51,52,53,54). The number of aryl methyl sites for hydroxylation is 2. The molecule has 13 heteroatoms. The highest BCUT2D eigenvalue weighted by Gasteiger charge is 2.19. The first kappa shape index (κ1) is 39.9. The van der Waals surface area contributed by atoms with Crippen LogP contribution in [0, 0.1) is 13.8 Å². The van der Waals surface area contributed by atoms with Crippen LogP contribution in [0.2, 0.25) is 0 Å². The zero-order valence-corrected chi connectivity index (χ0v) is 33.1. The Bertz CT molecular complexity index is 2320. The van der Waals surface area contributed by atoms with E-state index in [-0.39, 0.29) is 5.75 Å². The molecule has 7 rings (SSSR count). The van der Waals surface area contributed by atoms with E-state index in [4.69, 9.17) is 0 Å². The number of H-pyrrole nitrogens is 1. The van der Waals surface area contributed by atoms with Crippen molar-refractivity contribution in [3.63, 3.8) is 0 Å². The van der Waals surface area contributed by atoms with Crippen LogP contribution in [0.4, 0.5) is 5.82 Å². The van der Waals surface area contributed by atoms with Crippen molar-refractivity contribution in [2.24, 2.45) is 0 Å². The number of aromatic nitrogens is 7. The minimum Gasteiger partial charge on any atom is -0.507 e. The molecule has 0 bridgehead atoms. The molecule has 5 aromatic heterocycles. The molecule has 0 aliphatic heterocycles. The molecule has 58 heavy (non-hydrogen) atoms. The maximum Gasteiger partial charge on any atom is 0.182 e. The Morgan fingerprint density at radius 1 is 0.586 bits per heavy atom. The van der Waals surface area contributed by atoms with Gasteiger partial charge in [0.05, 0.1) is 12.0 Å². The molecule has 0 atom stereocenters. The summed E-state index contributed by atoms with van der Waals surface area (Å²) in [5.41, 5.74) is 9.84. The van der Waals surface area contributed by atoms with Crippen molar-refractivity contribution in [3.05, 3.63) is 161 Å². The van der Waals surface area contributed by atoms with E-state index >= 15 is 0 Å². The van der Waals surface area contributed by atoms with E-state index in [0.717, 1.165) is 81.9 Å². The lowest BCUT2D eigenvalue weighted by Crippen LogP contribution is -2.29. The summed E-state index contributed by atoms with van der Waals surface area (Å²) in [5.74, 6) is 1.25.